The SMILES string of the molecule is CC(OCc1cc(-c2cc(F)cc(F)c2)no1)C(O)(Cn1cncn1)c1ccc(F)cc1F. The summed E-state index contributed by atoms with van der Waals surface area (Å²) >= 11 is 0. The Labute approximate surface area is 185 Å². The molecule has 0 saturated carbocycles. The predicted octanol–water partition coefficient (Wildman–Crippen LogP) is 3.98. The zero-order valence-electron chi connectivity index (χ0n) is 17.3. The van der Waals surface area contributed by atoms with Gasteiger partial charge in [0, 0.05) is 29.3 Å². The molecular weight excluding hydrogens is 444 g/mol. The molecule has 2 atom stereocenters. The second-order valence-corrected chi connectivity index (χ2v) is 7.43. The lowest BCUT2D eigenvalue weighted by atomic mass is 9.88. The Hall–Kier alpha value is -3.57. The molecule has 0 fully saturated rings. The van der Waals surface area contributed by atoms with Crippen molar-refractivity contribution < 1.29 is 31.9 Å². The predicted molar refractivity (Wildman–Crippen MR) is 106 cm³/mol. The van der Waals surface area contributed by atoms with E-state index in [4.69, 9.17) is 9.26 Å². The van der Waals surface area contributed by atoms with Crippen LogP contribution in [0, 0.1) is 23.3 Å². The molecule has 2 aromatic carbocycles. The molecule has 1 N–H and O–H groups in total. The van der Waals surface area contributed by atoms with Gasteiger partial charge in [-0.3, -0.25) is 0 Å². The molecule has 0 spiro atoms. The summed E-state index contributed by atoms with van der Waals surface area (Å²) in [6.07, 6.45) is 1.54. The van der Waals surface area contributed by atoms with Crippen molar-refractivity contribution >= 4 is 0 Å². The average molecular weight is 462 g/mol. The fraction of sp³-hybridized carbons (Fsp3) is 0.227. The Kier molecular flexibility index (Phi) is 6.25. The van der Waals surface area contributed by atoms with Crippen molar-refractivity contribution in [3.63, 3.8) is 0 Å². The molecular formula is C22H18F4N4O3. The van der Waals surface area contributed by atoms with E-state index >= 15 is 0 Å². The number of rotatable bonds is 8. The number of hydrogen-bond acceptors (Lipinski definition) is 6. The second kappa shape index (κ2) is 9.12. The van der Waals surface area contributed by atoms with Gasteiger partial charge in [-0.05, 0) is 25.1 Å². The maximum atomic E-state index is 14.6. The van der Waals surface area contributed by atoms with Gasteiger partial charge in [-0.2, -0.15) is 5.10 Å². The van der Waals surface area contributed by atoms with E-state index in [1.807, 2.05) is 0 Å². The van der Waals surface area contributed by atoms with Crippen molar-refractivity contribution in [1.29, 1.82) is 0 Å². The van der Waals surface area contributed by atoms with Crippen LogP contribution in [0.2, 0.25) is 0 Å². The van der Waals surface area contributed by atoms with Crippen LogP contribution in [-0.2, 0) is 23.5 Å². The largest absolute Gasteiger partial charge is 0.380 e. The maximum absolute atomic E-state index is 14.6. The molecule has 4 aromatic rings. The van der Waals surface area contributed by atoms with Crippen LogP contribution in [0.5, 0.6) is 0 Å². The fourth-order valence-electron chi connectivity index (χ4n) is 3.40. The third-order valence-electron chi connectivity index (χ3n) is 5.13. The number of aliphatic hydroxyl groups is 1. The minimum absolute atomic E-state index is 0.173. The lowest BCUT2D eigenvalue weighted by Crippen LogP contribution is -2.44. The highest BCUT2D eigenvalue weighted by molar-refractivity contribution is 5.58. The van der Waals surface area contributed by atoms with E-state index in [9.17, 15) is 22.7 Å². The van der Waals surface area contributed by atoms with Crippen molar-refractivity contribution in [2.45, 2.75) is 31.8 Å². The van der Waals surface area contributed by atoms with E-state index in [0.717, 1.165) is 30.3 Å². The molecule has 7 nitrogen and oxygen atoms in total. The summed E-state index contributed by atoms with van der Waals surface area (Å²) in [5.74, 6) is -3.08. The van der Waals surface area contributed by atoms with Crippen molar-refractivity contribution in [2.75, 3.05) is 0 Å². The monoisotopic (exact) mass is 462 g/mol. The molecule has 172 valence electrons. The van der Waals surface area contributed by atoms with Gasteiger partial charge in [0.25, 0.3) is 0 Å². The van der Waals surface area contributed by atoms with Gasteiger partial charge in [0.2, 0.25) is 0 Å². The molecule has 0 radical (unpaired) electrons. The minimum Gasteiger partial charge on any atom is -0.380 e. The zero-order chi connectivity index (χ0) is 23.6. The second-order valence-electron chi connectivity index (χ2n) is 7.43. The summed E-state index contributed by atoms with van der Waals surface area (Å²) in [5, 5.41) is 19.1. The zero-order valence-corrected chi connectivity index (χ0v) is 17.3. The van der Waals surface area contributed by atoms with Gasteiger partial charge >= 0.3 is 0 Å². The Bertz CT molecular complexity index is 1230. The van der Waals surface area contributed by atoms with Crippen LogP contribution < -0.4 is 0 Å². The van der Waals surface area contributed by atoms with Crippen LogP contribution in [-0.4, -0.2) is 31.1 Å². The van der Waals surface area contributed by atoms with Gasteiger partial charge in [0.1, 0.15) is 53.8 Å². The van der Waals surface area contributed by atoms with Crippen molar-refractivity contribution in [3.8, 4) is 11.3 Å². The van der Waals surface area contributed by atoms with Gasteiger partial charge in [-0.15, -0.1) is 0 Å². The summed E-state index contributed by atoms with van der Waals surface area (Å²) in [6, 6.07) is 7.18. The first-order valence-corrected chi connectivity index (χ1v) is 9.78. The highest BCUT2D eigenvalue weighted by Gasteiger charge is 2.40. The number of ether oxygens (including phenoxy) is 1. The summed E-state index contributed by atoms with van der Waals surface area (Å²) in [4.78, 5) is 3.80. The van der Waals surface area contributed by atoms with E-state index < -0.39 is 35.0 Å². The molecule has 2 heterocycles. The Morgan fingerprint density at radius 1 is 1.06 bits per heavy atom. The first-order valence-electron chi connectivity index (χ1n) is 9.78. The molecule has 4 rings (SSSR count). The number of nitrogens with zero attached hydrogens (tertiary/aromatic N) is 4. The van der Waals surface area contributed by atoms with Crippen LogP contribution in [0.1, 0.15) is 18.2 Å². The van der Waals surface area contributed by atoms with Gasteiger partial charge in [0.15, 0.2) is 5.76 Å². The fourth-order valence-corrected chi connectivity index (χ4v) is 3.40. The third-order valence-corrected chi connectivity index (χ3v) is 5.13. The topological polar surface area (TPSA) is 86.2 Å². The number of benzene rings is 2. The normalized spacial score (nSPS) is 14.2. The Balaban J connectivity index is 1.55. The summed E-state index contributed by atoms with van der Waals surface area (Å²) in [7, 11) is 0. The maximum Gasteiger partial charge on any atom is 0.163 e. The smallest absolute Gasteiger partial charge is 0.163 e. The molecule has 11 heteroatoms. The van der Waals surface area contributed by atoms with Crippen LogP contribution >= 0.6 is 0 Å². The Morgan fingerprint density at radius 2 is 1.82 bits per heavy atom. The van der Waals surface area contributed by atoms with Crippen molar-refractivity contribution in [2.24, 2.45) is 0 Å². The van der Waals surface area contributed by atoms with Gasteiger partial charge in [-0.1, -0.05) is 11.2 Å². The molecule has 33 heavy (non-hydrogen) atoms. The number of aromatic nitrogens is 4. The first kappa shape index (κ1) is 22.6. The van der Waals surface area contributed by atoms with Gasteiger partial charge in [0.05, 0.1) is 12.6 Å². The lowest BCUT2D eigenvalue weighted by molar-refractivity contribution is -0.126. The van der Waals surface area contributed by atoms with E-state index in [1.165, 1.54) is 30.3 Å². The average Bonchev–Trinajstić information content (AvgIpc) is 3.43. The van der Waals surface area contributed by atoms with Crippen LogP contribution in [0.4, 0.5) is 17.6 Å². The number of halogens is 4. The van der Waals surface area contributed by atoms with Crippen LogP contribution in [0.15, 0.2) is 59.6 Å². The molecule has 0 aliphatic rings. The molecule has 0 aliphatic carbocycles. The lowest BCUT2D eigenvalue weighted by Gasteiger charge is -2.34. The third kappa shape index (κ3) is 4.94. The molecule has 0 aliphatic heterocycles. The van der Waals surface area contributed by atoms with Crippen LogP contribution in [0.3, 0.4) is 0 Å². The molecule has 2 aromatic heterocycles. The highest BCUT2D eigenvalue weighted by Crippen LogP contribution is 2.32. The molecule has 0 saturated heterocycles. The van der Waals surface area contributed by atoms with E-state index in [2.05, 4.69) is 15.2 Å². The summed E-state index contributed by atoms with van der Waals surface area (Å²) in [6.45, 7) is 1.06. The van der Waals surface area contributed by atoms with Crippen molar-refractivity contribution in [1.82, 2.24) is 19.9 Å². The van der Waals surface area contributed by atoms with Crippen molar-refractivity contribution in [3.05, 3.63) is 89.7 Å². The number of hydrogen-bond donors (Lipinski definition) is 1. The summed E-state index contributed by atoms with van der Waals surface area (Å²) in [5.41, 5.74) is -1.80. The molecule has 0 amide bonds. The van der Waals surface area contributed by atoms with E-state index in [0.29, 0.717) is 6.07 Å². The first-order chi connectivity index (χ1) is 15.7. The quantitative estimate of drug-likeness (QED) is 0.399. The minimum atomic E-state index is -1.96. The Morgan fingerprint density at radius 3 is 2.48 bits per heavy atom. The van der Waals surface area contributed by atoms with E-state index in [1.54, 1.807) is 0 Å². The van der Waals surface area contributed by atoms with Gasteiger partial charge < -0.3 is 14.4 Å². The summed E-state index contributed by atoms with van der Waals surface area (Å²) < 4.78 is 67.1. The highest BCUT2D eigenvalue weighted by atomic mass is 19.1. The standard InChI is InChI=1S/C22H18F4N4O3/c1-13(32-9-18-8-21(29-33-18)14-4-16(24)6-17(25)5-14)22(31,10-30-12-27-11-28-30)19-3-2-15(23)7-20(19)26/h2-8,11-13,31H,9-10H2,1H3. The van der Waals surface area contributed by atoms with Crippen LogP contribution in [0.25, 0.3) is 11.3 Å². The van der Waals surface area contributed by atoms with E-state index in [-0.39, 0.29) is 35.7 Å². The molecule has 2 unspecified atom stereocenters. The van der Waals surface area contributed by atoms with Gasteiger partial charge in [-0.25, -0.2) is 27.2 Å². The molecule has 0 bridgehead atoms.